The van der Waals surface area contributed by atoms with E-state index in [-0.39, 0.29) is 23.4 Å². The van der Waals surface area contributed by atoms with E-state index in [1.54, 1.807) is 25.1 Å². The Labute approximate surface area is 230 Å². The third kappa shape index (κ3) is 7.36. The van der Waals surface area contributed by atoms with Crippen molar-refractivity contribution in [2.45, 2.75) is 57.6 Å². The molecule has 0 aliphatic carbocycles. The number of carbonyl (C=O) groups excluding carboxylic acids is 2. The number of carbonyl (C=O) groups is 2. The van der Waals surface area contributed by atoms with Crippen molar-refractivity contribution in [3.63, 3.8) is 0 Å². The Morgan fingerprint density at radius 3 is 2.21 bits per heavy atom. The summed E-state index contributed by atoms with van der Waals surface area (Å²) >= 11 is 5.99. The summed E-state index contributed by atoms with van der Waals surface area (Å²) in [5.74, 6) is -0.800. The van der Waals surface area contributed by atoms with Crippen LogP contribution in [0.3, 0.4) is 0 Å². The topological polar surface area (TPSA) is 86.8 Å². The van der Waals surface area contributed by atoms with Gasteiger partial charge in [0.05, 0.1) is 10.6 Å². The molecule has 2 amide bonds. The van der Waals surface area contributed by atoms with Crippen molar-refractivity contribution in [3.05, 3.63) is 95.0 Å². The second kappa shape index (κ2) is 12.9. The van der Waals surface area contributed by atoms with E-state index < -0.39 is 28.5 Å². The second-order valence-corrected chi connectivity index (χ2v) is 11.6. The van der Waals surface area contributed by atoms with Gasteiger partial charge in [-0.3, -0.25) is 13.9 Å². The van der Waals surface area contributed by atoms with Gasteiger partial charge in [0.2, 0.25) is 11.8 Å². The summed E-state index contributed by atoms with van der Waals surface area (Å²) in [6.07, 6.45) is 0.742. The highest BCUT2D eigenvalue weighted by molar-refractivity contribution is 7.92. The van der Waals surface area contributed by atoms with Crippen LogP contribution in [0.4, 0.5) is 5.69 Å². The number of aryl methyl sites for hydroxylation is 1. The zero-order valence-corrected chi connectivity index (χ0v) is 23.7. The molecule has 0 aliphatic rings. The first-order chi connectivity index (χ1) is 18.0. The lowest BCUT2D eigenvalue weighted by Crippen LogP contribution is -2.52. The third-order valence-corrected chi connectivity index (χ3v) is 8.37. The summed E-state index contributed by atoms with van der Waals surface area (Å²) in [5.41, 5.74) is 2.02. The van der Waals surface area contributed by atoms with Gasteiger partial charge >= 0.3 is 0 Å². The summed E-state index contributed by atoms with van der Waals surface area (Å²) in [6.45, 7) is 7.03. The van der Waals surface area contributed by atoms with Crippen molar-refractivity contribution in [1.82, 2.24) is 10.2 Å². The molecule has 0 bridgehead atoms. The molecule has 2 atom stereocenters. The third-order valence-electron chi connectivity index (χ3n) is 6.33. The van der Waals surface area contributed by atoms with Gasteiger partial charge in [-0.05, 0) is 74.7 Å². The van der Waals surface area contributed by atoms with E-state index in [2.05, 4.69) is 5.32 Å². The molecule has 3 aromatic carbocycles. The molecule has 0 aliphatic heterocycles. The van der Waals surface area contributed by atoms with Crippen LogP contribution in [0.25, 0.3) is 0 Å². The first-order valence-corrected chi connectivity index (χ1v) is 14.3. The van der Waals surface area contributed by atoms with Crippen LogP contribution in [0.15, 0.2) is 83.8 Å². The van der Waals surface area contributed by atoms with Gasteiger partial charge in [-0.2, -0.15) is 0 Å². The fraction of sp³-hybridized carbons (Fsp3) is 0.310. The zero-order chi connectivity index (χ0) is 27.9. The van der Waals surface area contributed by atoms with Gasteiger partial charge in [0.1, 0.15) is 12.6 Å². The van der Waals surface area contributed by atoms with Crippen LogP contribution in [-0.4, -0.2) is 43.8 Å². The second-order valence-electron chi connectivity index (χ2n) is 9.31. The summed E-state index contributed by atoms with van der Waals surface area (Å²) in [5, 5.41) is 3.33. The molecular formula is C29H34ClN3O4S. The van der Waals surface area contributed by atoms with Crippen LogP contribution in [-0.2, 0) is 26.2 Å². The number of rotatable bonds is 11. The Morgan fingerprint density at radius 1 is 0.947 bits per heavy atom. The van der Waals surface area contributed by atoms with Gasteiger partial charge in [0.15, 0.2) is 0 Å². The number of nitrogens with zero attached hydrogens (tertiary/aromatic N) is 2. The minimum Gasteiger partial charge on any atom is -0.352 e. The molecule has 202 valence electrons. The number of amides is 2. The summed E-state index contributed by atoms with van der Waals surface area (Å²) in [7, 11) is -4.13. The number of anilines is 1. The van der Waals surface area contributed by atoms with E-state index >= 15 is 0 Å². The van der Waals surface area contributed by atoms with Crippen LogP contribution < -0.4 is 9.62 Å². The quantitative estimate of drug-likeness (QED) is 0.353. The largest absolute Gasteiger partial charge is 0.352 e. The number of hydrogen-bond acceptors (Lipinski definition) is 4. The number of hydrogen-bond donors (Lipinski definition) is 1. The first-order valence-electron chi connectivity index (χ1n) is 12.5. The van der Waals surface area contributed by atoms with E-state index in [1.807, 2.05) is 57.2 Å². The number of halogens is 1. The van der Waals surface area contributed by atoms with Crippen LogP contribution in [0.1, 0.15) is 38.3 Å². The maximum Gasteiger partial charge on any atom is 0.264 e. The minimum absolute atomic E-state index is 0.00776. The van der Waals surface area contributed by atoms with Crippen LogP contribution in [0.2, 0.25) is 5.02 Å². The molecule has 7 nitrogen and oxygen atoms in total. The minimum atomic E-state index is -4.13. The molecule has 0 radical (unpaired) electrons. The SMILES string of the molecule is CC[C@@H](C)NC(=O)[C@H](C)N(Cc1ccccc1)C(=O)CN(c1cccc(C)c1)S(=O)(=O)c1ccc(Cl)cc1. The Kier molecular flexibility index (Phi) is 9.94. The van der Waals surface area contributed by atoms with E-state index in [0.29, 0.717) is 10.7 Å². The van der Waals surface area contributed by atoms with Gasteiger partial charge in [0, 0.05) is 17.6 Å². The zero-order valence-electron chi connectivity index (χ0n) is 22.1. The Balaban J connectivity index is 2.01. The Bertz CT molecular complexity index is 1350. The average molecular weight is 556 g/mol. The highest BCUT2D eigenvalue weighted by atomic mass is 35.5. The van der Waals surface area contributed by atoms with Gasteiger partial charge in [-0.15, -0.1) is 0 Å². The number of sulfonamides is 1. The fourth-order valence-corrected chi connectivity index (χ4v) is 5.41. The van der Waals surface area contributed by atoms with Gasteiger partial charge in [0.25, 0.3) is 10.0 Å². The van der Waals surface area contributed by atoms with E-state index in [1.165, 1.54) is 29.2 Å². The van der Waals surface area contributed by atoms with E-state index in [9.17, 15) is 18.0 Å². The Morgan fingerprint density at radius 2 is 1.61 bits per heavy atom. The normalized spacial score (nSPS) is 12.9. The lowest BCUT2D eigenvalue weighted by atomic mass is 10.1. The number of benzene rings is 3. The predicted octanol–water partition coefficient (Wildman–Crippen LogP) is 5.18. The van der Waals surface area contributed by atoms with Crippen molar-refractivity contribution in [2.24, 2.45) is 0 Å². The maximum atomic E-state index is 13.9. The molecule has 38 heavy (non-hydrogen) atoms. The van der Waals surface area contributed by atoms with Crippen molar-refractivity contribution < 1.29 is 18.0 Å². The highest BCUT2D eigenvalue weighted by Gasteiger charge is 2.32. The molecule has 3 aromatic rings. The van der Waals surface area contributed by atoms with Crippen molar-refractivity contribution in [2.75, 3.05) is 10.8 Å². The van der Waals surface area contributed by atoms with Crippen molar-refractivity contribution >= 4 is 39.1 Å². The molecule has 0 heterocycles. The molecule has 9 heteroatoms. The smallest absolute Gasteiger partial charge is 0.264 e. The maximum absolute atomic E-state index is 13.9. The average Bonchev–Trinajstić information content (AvgIpc) is 2.90. The molecular weight excluding hydrogens is 522 g/mol. The number of nitrogens with one attached hydrogen (secondary N) is 1. The van der Waals surface area contributed by atoms with Gasteiger partial charge in [-0.25, -0.2) is 8.42 Å². The van der Waals surface area contributed by atoms with E-state index in [0.717, 1.165) is 21.9 Å². The Hall–Kier alpha value is -3.36. The molecule has 0 saturated carbocycles. The molecule has 1 N–H and O–H groups in total. The molecule has 0 spiro atoms. The van der Waals surface area contributed by atoms with Crippen LogP contribution in [0, 0.1) is 6.92 Å². The summed E-state index contributed by atoms with van der Waals surface area (Å²) in [4.78, 5) is 28.3. The lowest BCUT2D eigenvalue weighted by molar-refractivity contribution is -0.139. The molecule has 0 unspecified atom stereocenters. The molecule has 3 rings (SSSR count). The molecule has 0 aromatic heterocycles. The fourth-order valence-electron chi connectivity index (χ4n) is 3.87. The van der Waals surface area contributed by atoms with E-state index in [4.69, 9.17) is 11.6 Å². The lowest BCUT2D eigenvalue weighted by Gasteiger charge is -2.32. The monoisotopic (exact) mass is 555 g/mol. The van der Waals surface area contributed by atoms with Crippen LogP contribution in [0.5, 0.6) is 0 Å². The summed E-state index contributed by atoms with van der Waals surface area (Å²) in [6, 6.07) is 21.2. The first kappa shape index (κ1) is 29.2. The highest BCUT2D eigenvalue weighted by Crippen LogP contribution is 2.26. The van der Waals surface area contributed by atoms with Gasteiger partial charge in [-0.1, -0.05) is 61.0 Å². The summed E-state index contributed by atoms with van der Waals surface area (Å²) < 4.78 is 28.7. The molecule has 0 saturated heterocycles. The molecule has 0 fully saturated rings. The van der Waals surface area contributed by atoms with Crippen molar-refractivity contribution in [1.29, 1.82) is 0 Å². The standard InChI is InChI=1S/C29H34ClN3O4S/c1-5-22(3)31-29(35)23(4)32(19-24-11-7-6-8-12-24)28(34)20-33(26-13-9-10-21(2)18-26)38(36,37)27-16-14-25(30)15-17-27/h6-18,22-23H,5,19-20H2,1-4H3,(H,31,35)/t22-,23+/m1/s1. The van der Waals surface area contributed by atoms with Crippen LogP contribution >= 0.6 is 11.6 Å². The van der Waals surface area contributed by atoms with Crippen molar-refractivity contribution in [3.8, 4) is 0 Å². The van der Waals surface area contributed by atoms with Gasteiger partial charge < -0.3 is 10.2 Å². The predicted molar refractivity (Wildman–Crippen MR) is 152 cm³/mol.